The Morgan fingerprint density at radius 3 is 1.74 bits per heavy atom. The molecule has 1 aliphatic heterocycles. The van der Waals surface area contributed by atoms with E-state index in [0.29, 0.717) is 6.04 Å². The summed E-state index contributed by atoms with van der Waals surface area (Å²) >= 11 is 0. The van der Waals surface area contributed by atoms with Crippen LogP contribution in [0.25, 0.3) is 0 Å². The fraction of sp³-hybridized carbons (Fsp3) is 0.300. The van der Waals surface area contributed by atoms with E-state index in [1.54, 1.807) is 0 Å². The van der Waals surface area contributed by atoms with Crippen molar-refractivity contribution in [2.45, 2.75) is 6.04 Å². The lowest BCUT2D eigenvalue weighted by molar-refractivity contribution is 0.118. The van der Waals surface area contributed by atoms with Crippen LogP contribution < -0.4 is 0 Å². The Balaban J connectivity index is 0.00000192. The van der Waals surface area contributed by atoms with Crippen molar-refractivity contribution in [1.29, 1.82) is 0 Å². The molecule has 0 amide bonds. The lowest BCUT2D eigenvalue weighted by Gasteiger charge is -2.39. The SMILES string of the molecule is C=CCN1CCN(C(c2ccccc2)c2ccccc2)CC1.Cl. The van der Waals surface area contributed by atoms with E-state index in [1.807, 2.05) is 6.08 Å². The van der Waals surface area contributed by atoms with Crippen molar-refractivity contribution in [2.75, 3.05) is 32.7 Å². The highest BCUT2D eigenvalue weighted by Gasteiger charge is 2.25. The van der Waals surface area contributed by atoms with Crippen molar-refractivity contribution in [3.05, 3.63) is 84.4 Å². The van der Waals surface area contributed by atoms with Crippen LogP contribution in [0.4, 0.5) is 0 Å². The molecule has 1 heterocycles. The molecule has 0 aromatic heterocycles. The van der Waals surface area contributed by atoms with Gasteiger partial charge in [-0.05, 0) is 11.1 Å². The second-order valence-electron chi connectivity index (χ2n) is 5.85. The van der Waals surface area contributed by atoms with E-state index in [2.05, 4.69) is 77.0 Å². The van der Waals surface area contributed by atoms with Gasteiger partial charge in [0.05, 0.1) is 6.04 Å². The van der Waals surface area contributed by atoms with Gasteiger partial charge in [-0.15, -0.1) is 19.0 Å². The van der Waals surface area contributed by atoms with Crippen molar-refractivity contribution in [2.24, 2.45) is 0 Å². The average Bonchev–Trinajstić information content (AvgIpc) is 2.59. The molecule has 1 aliphatic rings. The van der Waals surface area contributed by atoms with Gasteiger partial charge in [0.25, 0.3) is 0 Å². The van der Waals surface area contributed by atoms with Crippen LogP contribution in [0.15, 0.2) is 73.3 Å². The molecule has 1 saturated heterocycles. The summed E-state index contributed by atoms with van der Waals surface area (Å²) in [5.74, 6) is 0. The van der Waals surface area contributed by atoms with Crippen LogP contribution in [0, 0.1) is 0 Å². The number of halogens is 1. The van der Waals surface area contributed by atoms with Gasteiger partial charge in [-0.3, -0.25) is 9.80 Å². The zero-order valence-corrected chi connectivity index (χ0v) is 14.3. The summed E-state index contributed by atoms with van der Waals surface area (Å²) in [6.07, 6.45) is 2.00. The van der Waals surface area contributed by atoms with Gasteiger partial charge < -0.3 is 0 Å². The molecule has 0 radical (unpaired) electrons. The topological polar surface area (TPSA) is 6.48 Å². The van der Waals surface area contributed by atoms with E-state index >= 15 is 0 Å². The molecule has 0 bridgehead atoms. The highest BCUT2D eigenvalue weighted by Crippen LogP contribution is 2.29. The van der Waals surface area contributed by atoms with Crippen molar-refractivity contribution in [3.8, 4) is 0 Å². The number of piperazine rings is 1. The number of hydrogen-bond acceptors (Lipinski definition) is 2. The minimum absolute atomic E-state index is 0. The molecule has 2 nitrogen and oxygen atoms in total. The van der Waals surface area contributed by atoms with Gasteiger partial charge in [0.1, 0.15) is 0 Å². The third-order valence-corrected chi connectivity index (χ3v) is 4.39. The maximum Gasteiger partial charge on any atom is 0.0602 e. The van der Waals surface area contributed by atoms with Crippen LogP contribution >= 0.6 is 12.4 Å². The molecule has 2 aromatic carbocycles. The summed E-state index contributed by atoms with van der Waals surface area (Å²) < 4.78 is 0. The highest BCUT2D eigenvalue weighted by molar-refractivity contribution is 5.85. The minimum atomic E-state index is 0. The first-order chi connectivity index (χ1) is 10.9. The predicted octanol–water partition coefficient (Wildman–Crippen LogP) is 4.00. The monoisotopic (exact) mass is 328 g/mol. The lowest BCUT2D eigenvalue weighted by atomic mass is 9.96. The Labute approximate surface area is 145 Å². The van der Waals surface area contributed by atoms with Crippen LogP contribution in [-0.2, 0) is 0 Å². The Bertz CT molecular complexity index is 538. The van der Waals surface area contributed by atoms with Crippen molar-refractivity contribution >= 4 is 12.4 Å². The van der Waals surface area contributed by atoms with Gasteiger partial charge in [-0.2, -0.15) is 0 Å². The lowest BCUT2D eigenvalue weighted by Crippen LogP contribution is -2.47. The van der Waals surface area contributed by atoms with E-state index in [1.165, 1.54) is 11.1 Å². The third kappa shape index (κ3) is 4.44. The van der Waals surface area contributed by atoms with Crippen LogP contribution in [0.5, 0.6) is 0 Å². The first kappa shape index (κ1) is 17.7. The second-order valence-corrected chi connectivity index (χ2v) is 5.85. The molecule has 0 unspecified atom stereocenters. The summed E-state index contributed by atoms with van der Waals surface area (Å²) in [4.78, 5) is 5.07. The molecule has 0 spiro atoms. The first-order valence-electron chi connectivity index (χ1n) is 8.05. The molecule has 3 heteroatoms. The van der Waals surface area contributed by atoms with Crippen LogP contribution in [-0.4, -0.2) is 42.5 Å². The van der Waals surface area contributed by atoms with E-state index in [0.717, 1.165) is 32.7 Å². The zero-order valence-electron chi connectivity index (χ0n) is 13.5. The molecule has 1 fully saturated rings. The quantitative estimate of drug-likeness (QED) is 0.765. The summed E-state index contributed by atoms with van der Waals surface area (Å²) in [5, 5.41) is 0. The predicted molar refractivity (Wildman–Crippen MR) is 100 cm³/mol. The molecule has 23 heavy (non-hydrogen) atoms. The maximum absolute atomic E-state index is 3.85. The highest BCUT2D eigenvalue weighted by atomic mass is 35.5. The van der Waals surface area contributed by atoms with E-state index < -0.39 is 0 Å². The number of benzene rings is 2. The summed E-state index contributed by atoms with van der Waals surface area (Å²) in [6, 6.07) is 22.1. The molecular weight excluding hydrogens is 304 g/mol. The smallest absolute Gasteiger partial charge is 0.0602 e. The first-order valence-corrected chi connectivity index (χ1v) is 8.05. The molecule has 0 saturated carbocycles. The Morgan fingerprint density at radius 2 is 1.30 bits per heavy atom. The van der Waals surface area contributed by atoms with E-state index in [9.17, 15) is 0 Å². The fourth-order valence-corrected chi connectivity index (χ4v) is 3.27. The Morgan fingerprint density at radius 1 is 0.826 bits per heavy atom. The average molecular weight is 329 g/mol. The van der Waals surface area contributed by atoms with Crippen LogP contribution in [0.2, 0.25) is 0 Å². The van der Waals surface area contributed by atoms with Crippen molar-refractivity contribution in [3.63, 3.8) is 0 Å². The Hall–Kier alpha value is -1.61. The van der Waals surface area contributed by atoms with Crippen molar-refractivity contribution < 1.29 is 0 Å². The van der Waals surface area contributed by atoms with Gasteiger partial charge in [0.2, 0.25) is 0 Å². The largest absolute Gasteiger partial charge is 0.297 e. The molecule has 3 rings (SSSR count). The molecule has 0 N–H and O–H groups in total. The minimum Gasteiger partial charge on any atom is -0.297 e. The molecule has 2 aromatic rings. The van der Waals surface area contributed by atoms with Gasteiger partial charge in [0.15, 0.2) is 0 Å². The standard InChI is InChI=1S/C20H24N2.ClH/c1-2-13-21-14-16-22(17-15-21)20(18-9-5-3-6-10-18)19-11-7-4-8-12-19;/h2-12,20H,1,13-17H2;1H. The number of rotatable bonds is 5. The van der Waals surface area contributed by atoms with Crippen LogP contribution in [0.1, 0.15) is 17.2 Å². The van der Waals surface area contributed by atoms with Crippen molar-refractivity contribution in [1.82, 2.24) is 9.80 Å². The Kier molecular flexibility index (Phi) is 6.85. The molecule has 122 valence electrons. The number of nitrogens with zero attached hydrogens (tertiary/aromatic N) is 2. The maximum atomic E-state index is 3.85. The third-order valence-electron chi connectivity index (χ3n) is 4.39. The van der Waals surface area contributed by atoms with Gasteiger partial charge in [-0.25, -0.2) is 0 Å². The van der Waals surface area contributed by atoms with E-state index in [-0.39, 0.29) is 12.4 Å². The number of hydrogen-bond donors (Lipinski definition) is 0. The summed E-state index contributed by atoms with van der Waals surface area (Å²) in [7, 11) is 0. The van der Waals surface area contributed by atoms with Crippen LogP contribution in [0.3, 0.4) is 0 Å². The van der Waals surface area contributed by atoms with E-state index in [4.69, 9.17) is 0 Å². The summed E-state index contributed by atoms with van der Waals surface area (Å²) in [6.45, 7) is 9.27. The molecule has 0 atom stereocenters. The summed E-state index contributed by atoms with van der Waals surface area (Å²) in [5.41, 5.74) is 2.76. The second kappa shape index (κ2) is 8.88. The fourth-order valence-electron chi connectivity index (χ4n) is 3.27. The molecular formula is C20H25ClN2. The van der Waals surface area contributed by atoms with Gasteiger partial charge in [-0.1, -0.05) is 66.7 Å². The normalized spacial score (nSPS) is 16.0. The van der Waals surface area contributed by atoms with Gasteiger partial charge in [0, 0.05) is 32.7 Å². The zero-order chi connectivity index (χ0) is 15.2. The van der Waals surface area contributed by atoms with Gasteiger partial charge >= 0.3 is 0 Å². The molecule has 0 aliphatic carbocycles.